The van der Waals surface area contributed by atoms with Gasteiger partial charge in [-0.2, -0.15) is 5.26 Å². The van der Waals surface area contributed by atoms with Crippen molar-refractivity contribution in [2.24, 2.45) is 0 Å². The normalized spacial score (nSPS) is 14.4. The maximum atomic E-state index is 12.6. The highest BCUT2D eigenvalue weighted by molar-refractivity contribution is 7.16. The number of carbonyl (C=O) groups excluding carboxylic acids is 2. The lowest BCUT2D eigenvalue weighted by atomic mass is 9.94. The van der Waals surface area contributed by atoms with Crippen LogP contribution in [0.25, 0.3) is 0 Å². The van der Waals surface area contributed by atoms with E-state index in [4.69, 9.17) is 9.47 Å². The number of benzene rings is 1. The third kappa shape index (κ3) is 5.78. The first-order chi connectivity index (χ1) is 17.0. The van der Waals surface area contributed by atoms with Gasteiger partial charge < -0.3 is 14.8 Å². The molecular weight excluding hydrogens is 464 g/mol. The predicted molar refractivity (Wildman–Crippen MR) is 134 cm³/mol. The molecule has 1 aliphatic carbocycles. The van der Waals surface area contributed by atoms with E-state index >= 15 is 0 Å². The number of hydrogen-bond acceptors (Lipinski definition) is 7. The topological polar surface area (TPSA) is 105 Å². The molecule has 0 saturated carbocycles. The van der Waals surface area contributed by atoms with E-state index in [0.29, 0.717) is 48.4 Å². The van der Waals surface area contributed by atoms with E-state index in [1.165, 1.54) is 16.2 Å². The number of amides is 2. The van der Waals surface area contributed by atoms with Gasteiger partial charge in [-0.15, -0.1) is 11.3 Å². The summed E-state index contributed by atoms with van der Waals surface area (Å²) in [7, 11) is 3.25. The van der Waals surface area contributed by atoms with Crippen LogP contribution in [0.15, 0.2) is 48.8 Å². The minimum absolute atomic E-state index is 0.149. The summed E-state index contributed by atoms with van der Waals surface area (Å²) in [5.41, 5.74) is 3.10. The maximum Gasteiger partial charge on any atom is 0.414 e. The first-order valence-electron chi connectivity index (χ1n) is 11.3. The van der Waals surface area contributed by atoms with Gasteiger partial charge in [-0.3, -0.25) is 14.7 Å². The minimum atomic E-state index is -0.449. The monoisotopic (exact) mass is 490 g/mol. The Balaban J connectivity index is 1.37. The molecule has 8 nitrogen and oxygen atoms in total. The second kappa shape index (κ2) is 11.0. The van der Waals surface area contributed by atoms with Crippen molar-refractivity contribution in [3.05, 3.63) is 70.4 Å². The fourth-order valence-electron chi connectivity index (χ4n) is 4.02. The highest BCUT2D eigenvalue weighted by Gasteiger charge is 2.29. The van der Waals surface area contributed by atoms with Crippen molar-refractivity contribution in [2.75, 3.05) is 24.4 Å². The summed E-state index contributed by atoms with van der Waals surface area (Å²) in [4.78, 5) is 31.6. The number of rotatable bonds is 7. The summed E-state index contributed by atoms with van der Waals surface area (Å²) < 4.78 is 11.0. The quantitative estimate of drug-likeness (QED) is 0.514. The standard InChI is InChI=1S/C26H26N4O4S/c1-30(18-6-4-12-28-16-18)26(32)34-20-9-10-21-22(15-27)25(35-23(21)14-20)29-24(31)11-8-17-5-3-7-19(13-17)33-2/h3-7,12-13,16,20H,8-11,14H2,1-2H3,(H,29,31). The lowest BCUT2D eigenvalue weighted by Gasteiger charge is -2.25. The zero-order valence-electron chi connectivity index (χ0n) is 19.6. The third-order valence-electron chi connectivity index (χ3n) is 5.93. The summed E-state index contributed by atoms with van der Waals surface area (Å²) in [6.45, 7) is 0. The molecule has 0 fully saturated rings. The van der Waals surface area contributed by atoms with Crippen LogP contribution in [0.4, 0.5) is 15.5 Å². The molecule has 0 saturated heterocycles. The molecular formula is C26H26N4O4S. The first kappa shape index (κ1) is 24.2. The number of methoxy groups -OCH3 is 1. The number of nitrogens with one attached hydrogen (secondary N) is 1. The second-order valence-corrected chi connectivity index (χ2v) is 9.34. The third-order valence-corrected chi connectivity index (χ3v) is 7.10. The van der Waals surface area contributed by atoms with Gasteiger partial charge in [0, 0.05) is 31.0 Å². The molecule has 0 bridgehead atoms. The molecule has 180 valence electrons. The average molecular weight is 491 g/mol. The van der Waals surface area contributed by atoms with Gasteiger partial charge in [0.15, 0.2) is 0 Å². The number of fused-ring (bicyclic) bond motifs is 1. The molecule has 1 unspecified atom stereocenters. The van der Waals surface area contributed by atoms with Gasteiger partial charge in [0.05, 0.1) is 24.6 Å². The average Bonchev–Trinajstić information content (AvgIpc) is 3.23. The van der Waals surface area contributed by atoms with Gasteiger partial charge in [-0.1, -0.05) is 12.1 Å². The summed E-state index contributed by atoms with van der Waals surface area (Å²) in [6.07, 6.45) is 5.11. The number of aryl methyl sites for hydroxylation is 1. The van der Waals surface area contributed by atoms with Crippen molar-refractivity contribution < 1.29 is 19.1 Å². The zero-order valence-corrected chi connectivity index (χ0v) is 20.4. The van der Waals surface area contributed by atoms with Crippen molar-refractivity contribution in [3.8, 4) is 11.8 Å². The predicted octanol–water partition coefficient (Wildman–Crippen LogP) is 4.72. The van der Waals surface area contributed by atoms with Crippen molar-refractivity contribution >= 4 is 34.0 Å². The van der Waals surface area contributed by atoms with Crippen molar-refractivity contribution in [3.63, 3.8) is 0 Å². The molecule has 4 rings (SSSR count). The minimum Gasteiger partial charge on any atom is -0.497 e. The van der Waals surface area contributed by atoms with Gasteiger partial charge in [0.2, 0.25) is 5.91 Å². The van der Waals surface area contributed by atoms with Gasteiger partial charge in [-0.25, -0.2) is 4.79 Å². The fraction of sp³-hybridized carbons (Fsp3) is 0.308. The number of aromatic nitrogens is 1. The summed E-state index contributed by atoms with van der Waals surface area (Å²) in [5, 5.41) is 13.2. The van der Waals surface area contributed by atoms with Gasteiger partial charge >= 0.3 is 6.09 Å². The molecule has 2 heterocycles. The van der Waals surface area contributed by atoms with E-state index in [0.717, 1.165) is 21.8 Å². The number of pyridine rings is 1. The van der Waals surface area contributed by atoms with Crippen LogP contribution in [0.5, 0.6) is 5.75 Å². The summed E-state index contributed by atoms with van der Waals surface area (Å²) >= 11 is 1.39. The molecule has 0 spiro atoms. The largest absolute Gasteiger partial charge is 0.497 e. The molecule has 0 radical (unpaired) electrons. The Labute approximate surface area is 208 Å². The molecule has 9 heteroatoms. The molecule has 3 aromatic rings. The van der Waals surface area contributed by atoms with Crippen molar-refractivity contribution in [1.82, 2.24) is 4.98 Å². The van der Waals surface area contributed by atoms with Crippen LogP contribution < -0.4 is 15.0 Å². The van der Waals surface area contributed by atoms with Gasteiger partial charge in [0.1, 0.15) is 22.9 Å². The molecule has 1 atom stereocenters. The fourth-order valence-corrected chi connectivity index (χ4v) is 5.30. The number of nitriles is 1. The highest BCUT2D eigenvalue weighted by Crippen LogP contribution is 2.38. The number of carbonyl (C=O) groups is 2. The van der Waals surface area contributed by atoms with E-state index in [9.17, 15) is 14.9 Å². The van der Waals surface area contributed by atoms with Crippen LogP contribution in [0.3, 0.4) is 0 Å². The van der Waals surface area contributed by atoms with Gasteiger partial charge in [0.25, 0.3) is 0 Å². The van der Waals surface area contributed by atoms with Crippen LogP contribution in [0.2, 0.25) is 0 Å². The Morgan fingerprint density at radius 3 is 2.91 bits per heavy atom. The Morgan fingerprint density at radius 2 is 2.17 bits per heavy atom. The molecule has 1 N–H and O–H groups in total. The maximum absolute atomic E-state index is 12.6. The zero-order chi connectivity index (χ0) is 24.8. The smallest absolute Gasteiger partial charge is 0.414 e. The number of nitrogens with zero attached hydrogens (tertiary/aromatic N) is 3. The molecule has 1 aromatic carbocycles. The molecule has 35 heavy (non-hydrogen) atoms. The molecule has 0 aliphatic heterocycles. The number of anilines is 2. The van der Waals surface area contributed by atoms with E-state index < -0.39 is 6.09 Å². The summed E-state index contributed by atoms with van der Waals surface area (Å²) in [5.74, 6) is 0.603. The Hall–Kier alpha value is -3.90. The van der Waals surface area contributed by atoms with Crippen LogP contribution in [-0.2, 0) is 28.8 Å². The van der Waals surface area contributed by atoms with Crippen LogP contribution in [0, 0.1) is 11.3 Å². The first-order valence-corrected chi connectivity index (χ1v) is 12.1. The molecule has 2 aromatic heterocycles. The SMILES string of the molecule is COc1cccc(CCC(=O)Nc2sc3c(c2C#N)CCC(OC(=O)N(C)c2cccnc2)C3)c1. The van der Waals surface area contributed by atoms with Crippen LogP contribution in [-0.4, -0.2) is 37.2 Å². The van der Waals surface area contributed by atoms with Crippen LogP contribution >= 0.6 is 11.3 Å². The van der Waals surface area contributed by atoms with Gasteiger partial charge in [-0.05, 0) is 54.7 Å². The van der Waals surface area contributed by atoms with Crippen molar-refractivity contribution in [2.45, 2.75) is 38.2 Å². The number of hydrogen-bond donors (Lipinski definition) is 1. The lowest BCUT2D eigenvalue weighted by molar-refractivity contribution is -0.116. The highest BCUT2D eigenvalue weighted by atomic mass is 32.1. The Kier molecular flexibility index (Phi) is 7.63. The lowest BCUT2D eigenvalue weighted by Crippen LogP contribution is -2.33. The number of thiophene rings is 1. The van der Waals surface area contributed by atoms with E-state index in [1.807, 2.05) is 24.3 Å². The summed E-state index contributed by atoms with van der Waals surface area (Å²) in [6, 6.07) is 13.4. The number of ether oxygens (including phenoxy) is 2. The van der Waals surface area contributed by atoms with Crippen molar-refractivity contribution in [1.29, 1.82) is 5.26 Å². The van der Waals surface area contributed by atoms with Crippen LogP contribution in [0.1, 0.15) is 34.4 Å². The van der Waals surface area contributed by atoms with E-state index in [1.54, 1.807) is 38.7 Å². The van der Waals surface area contributed by atoms with E-state index in [-0.39, 0.29) is 12.0 Å². The molecule has 1 aliphatic rings. The molecule has 2 amide bonds. The van der Waals surface area contributed by atoms with E-state index in [2.05, 4.69) is 16.4 Å². The Bertz CT molecular complexity index is 1250. The second-order valence-electron chi connectivity index (χ2n) is 8.24. The Morgan fingerprint density at radius 1 is 1.31 bits per heavy atom.